The number of anilines is 1. The quantitative estimate of drug-likeness (QED) is 0.887. The number of benzene rings is 1. The highest BCUT2D eigenvalue weighted by molar-refractivity contribution is 9.10. The smallest absolute Gasteiger partial charge is 0.307 e. The zero-order chi connectivity index (χ0) is 14.2. The third kappa shape index (κ3) is 2.86. The van der Waals surface area contributed by atoms with Crippen LogP contribution in [0.2, 0.25) is 0 Å². The highest BCUT2D eigenvalue weighted by Gasteiger charge is 2.48. The second kappa shape index (κ2) is 5.16. The van der Waals surface area contributed by atoms with Crippen molar-refractivity contribution >= 4 is 33.5 Å². The van der Waals surface area contributed by atoms with E-state index < -0.39 is 29.5 Å². The molecule has 1 fully saturated rings. The number of methoxy groups -OCH3 is 1. The van der Waals surface area contributed by atoms with Gasteiger partial charge in [0.2, 0.25) is 5.91 Å². The fraction of sp³-hybridized carbons (Fsp3) is 0.333. The maximum Gasteiger partial charge on any atom is 0.307 e. The maximum absolute atomic E-state index is 13.3. The number of halogens is 2. The standard InChI is InChI=1S/C12H11BrFNO4/c1-19-10-4-8(14)7(13)3-9(10)15-11(16)5-2-6(5)12(17)18/h3-6H,2H2,1H3,(H,15,16)(H,17,18). The van der Waals surface area contributed by atoms with E-state index in [4.69, 9.17) is 9.84 Å². The van der Waals surface area contributed by atoms with Crippen molar-refractivity contribution in [1.82, 2.24) is 0 Å². The van der Waals surface area contributed by atoms with E-state index >= 15 is 0 Å². The number of hydrogen-bond acceptors (Lipinski definition) is 3. The molecule has 1 aromatic carbocycles. The average molecular weight is 332 g/mol. The minimum absolute atomic E-state index is 0.182. The zero-order valence-electron chi connectivity index (χ0n) is 9.94. The second-order valence-electron chi connectivity index (χ2n) is 4.24. The molecule has 5 nitrogen and oxygen atoms in total. The molecule has 0 aromatic heterocycles. The summed E-state index contributed by atoms with van der Waals surface area (Å²) in [7, 11) is 1.36. The number of carboxylic acid groups (broad SMARTS) is 1. The molecule has 2 rings (SSSR count). The Hall–Kier alpha value is -1.63. The number of amides is 1. The Labute approximate surface area is 116 Å². The van der Waals surface area contributed by atoms with Crippen LogP contribution in [0.1, 0.15) is 6.42 Å². The molecule has 1 aliphatic rings. The summed E-state index contributed by atoms with van der Waals surface area (Å²) < 4.78 is 18.5. The van der Waals surface area contributed by atoms with E-state index in [2.05, 4.69) is 21.2 Å². The molecular weight excluding hydrogens is 321 g/mol. The van der Waals surface area contributed by atoms with E-state index in [-0.39, 0.29) is 10.2 Å². The lowest BCUT2D eigenvalue weighted by molar-refractivity contribution is -0.139. The molecule has 0 heterocycles. The third-order valence-electron chi connectivity index (χ3n) is 2.94. The fourth-order valence-corrected chi connectivity index (χ4v) is 2.12. The van der Waals surface area contributed by atoms with Gasteiger partial charge in [-0.1, -0.05) is 0 Å². The summed E-state index contributed by atoms with van der Waals surface area (Å²) in [6.07, 6.45) is 0.325. The van der Waals surface area contributed by atoms with E-state index in [1.807, 2.05) is 0 Å². The van der Waals surface area contributed by atoms with Crippen LogP contribution in [0.3, 0.4) is 0 Å². The van der Waals surface area contributed by atoms with Gasteiger partial charge in [0.1, 0.15) is 11.6 Å². The first-order chi connectivity index (χ1) is 8.93. The molecule has 1 amide bonds. The van der Waals surface area contributed by atoms with Gasteiger partial charge in [0.05, 0.1) is 29.1 Å². The van der Waals surface area contributed by atoms with Crippen molar-refractivity contribution in [2.45, 2.75) is 6.42 Å². The van der Waals surface area contributed by atoms with Crippen LogP contribution in [0.5, 0.6) is 5.75 Å². The summed E-state index contributed by atoms with van der Waals surface area (Å²) in [6.45, 7) is 0. The van der Waals surface area contributed by atoms with Crippen LogP contribution in [0.15, 0.2) is 16.6 Å². The summed E-state index contributed by atoms with van der Waals surface area (Å²) in [4.78, 5) is 22.5. The summed E-state index contributed by atoms with van der Waals surface area (Å²) in [6, 6.07) is 2.52. The number of carboxylic acids is 1. The molecule has 102 valence electrons. The van der Waals surface area contributed by atoms with Gasteiger partial charge < -0.3 is 15.2 Å². The molecule has 7 heteroatoms. The Morgan fingerprint density at radius 1 is 1.47 bits per heavy atom. The Kier molecular flexibility index (Phi) is 3.75. The number of rotatable bonds is 4. The lowest BCUT2D eigenvalue weighted by atomic mass is 10.2. The number of hydrogen-bond donors (Lipinski definition) is 2. The van der Waals surface area contributed by atoms with Gasteiger partial charge in [0.25, 0.3) is 0 Å². The SMILES string of the molecule is COc1cc(F)c(Br)cc1NC(=O)C1CC1C(=O)O. The lowest BCUT2D eigenvalue weighted by Crippen LogP contribution is -2.17. The molecule has 0 bridgehead atoms. The first kappa shape index (κ1) is 13.8. The van der Waals surface area contributed by atoms with Crippen LogP contribution in [-0.4, -0.2) is 24.1 Å². The number of carbonyl (C=O) groups excluding carboxylic acids is 1. The monoisotopic (exact) mass is 331 g/mol. The van der Waals surface area contributed by atoms with Crippen LogP contribution in [0.4, 0.5) is 10.1 Å². The third-order valence-corrected chi connectivity index (χ3v) is 3.55. The normalized spacial score (nSPS) is 20.8. The van der Waals surface area contributed by atoms with Crippen molar-refractivity contribution in [3.8, 4) is 5.75 Å². The molecule has 1 aliphatic carbocycles. The molecule has 19 heavy (non-hydrogen) atoms. The Balaban J connectivity index is 2.13. The molecule has 0 saturated heterocycles. The van der Waals surface area contributed by atoms with Gasteiger partial charge in [-0.05, 0) is 28.4 Å². The summed E-state index contributed by atoms with van der Waals surface area (Å²) in [5.41, 5.74) is 0.303. The molecule has 0 spiro atoms. The van der Waals surface area contributed by atoms with Gasteiger partial charge in [0.15, 0.2) is 0 Å². The Morgan fingerprint density at radius 2 is 2.16 bits per heavy atom. The van der Waals surface area contributed by atoms with Gasteiger partial charge in [-0.3, -0.25) is 9.59 Å². The van der Waals surface area contributed by atoms with Crippen LogP contribution in [0, 0.1) is 17.7 Å². The van der Waals surface area contributed by atoms with Crippen LogP contribution >= 0.6 is 15.9 Å². The van der Waals surface area contributed by atoms with E-state index in [0.29, 0.717) is 12.1 Å². The van der Waals surface area contributed by atoms with Crippen molar-refractivity contribution in [3.05, 3.63) is 22.4 Å². The maximum atomic E-state index is 13.3. The molecule has 0 aliphatic heterocycles. The van der Waals surface area contributed by atoms with Gasteiger partial charge in [0, 0.05) is 6.07 Å². The Morgan fingerprint density at radius 3 is 2.68 bits per heavy atom. The van der Waals surface area contributed by atoms with Crippen molar-refractivity contribution in [2.75, 3.05) is 12.4 Å². The van der Waals surface area contributed by atoms with Crippen molar-refractivity contribution in [3.63, 3.8) is 0 Å². The summed E-state index contributed by atoms with van der Waals surface area (Å²) >= 11 is 3.01. The van der Waals surface area contributed by atoms with Crippen LogP contribution in [-0.2, 0) is 9.59 Å². The number of ether oxygens (including phenoxy) is 1. The Bertz CT molecular complexity index is 549. The van der Waals surface area contributed by atoms with E-state index in [9.17, 15) is 14.0 Å². The highest BCUT2D eigenvalue weighted by atomic mass is 79.9. The number of nitrogens with one attached hydrogen (secondary N) is 1. The summed E-state index contributed by atoms with van der Waals surface area (Å²) in [5.74, 6) is -2.87. The second-order valence-corrected chi connectivity index (χ2v) is 5.10. The topological polar surface area (TPSA) is 75.6 Å². The van der Waals surface area contributed by atoms with E-state index in [1.54, 1.807) is 0 Å². The summed E-state index contributed by atoms with van der Waals surface area (Å²) in [5, 5.41) is 11.3. The predicted octanol–water partition coefficient (Wildman–Crippen LogP) is 2.26. The first-order valence-corrected chi connectivity index (χ1v) is 6.30. The van der Waals surface area contributed by atoms with Crippen LogP contribution < -0.4 is 10.1 Å². The van der Waals surface area contributed by atoms with E-state index in [0.717, 1.165) is 6.07 Å². The number of aliphatic carboxylic acids is 1. The molecule has 0 radical (unpaired) electrons. The van der Waals surface area contributed by atoms with Crippen LogP contribution in [0.25, 0.3) is 0 Å². The van der Waals surface area contributed by atoms with Gasteiger partial charge in [-0.15, -0.1) is 0 Å². The first-order valence-electron chi connectivity index (χ1n) is 5.50. The van der Waals surface area contributed by atoms with Crippen molar-refractivity contribution in [2.24, 2.45) is 11.8 Å². The van der Waals surface area contributed by atoms with Gasteiger partial charge in [-0.25, -0.2) is 4.39 Å². The van der Waals surface area contributed by atoms with Gasteiger partial charge >= 0.3 is 5.97 Å². The van der Waals surface area contributed by atoms with Crippen molar-refractivity contribution < 1.29 is 23.8 Å². The van der Waals surface area contributed by atoms with Gasteiger partial charge in [-0.2, -0.15) is 0 Å². The lowest BCUT2D eigenvalue weighted by Gasteiger charge is -2.11. The molecule has 1 saturated carbocycles. The van der Waals surface area contributed by atoms with Crippen molar-refractivity contribution in [1.29, 1.82) is 0 Å². The molecule has 2 atom stereocenters. The fourth-order valence-electron chi connectivity index (χ4n) is 1.78. The molecule has 2 unspecified atom stereocenters. The number of carbonyl (C=O) groups is 2. The average Bonchev–Trinajstić information content (AvgIpc) is 3.13. The molecular formula is C12H11BrFNO4. The largest absolute Gasteiger partial charge is 0.494 e. The zero-order valence-corrected chi connectivity index (χ0v) is 11.5. The molecule has 2 N–H and O–H groups in total. The highest BCUT2D eigenvalue weighted by Crippen LogP contribution is 2.40. The van der Waals surface area contributed by atoms with E-state index in [1.165, 1.54) is 13.2 Å². The minimum atomic E-state index is -0.979. The minimum Gasteiger partial charge on any atom is -0.494 e. The predicted molar refractivity (Wildman–Crippen MR) is 68.5 cm³/mol. The molecule has 1 aromatic rings.